The van der Waals surface area contributed by atoms with E-state index in [1.165, 1.54) is 24.3 Å². The first-order chi connectivity index (χ1) is 12.0. The van der Waals surface area contributed by atoms with Gasteiger partial charge in [0.25, 0.3) is 17.5 Å². The van der Waals surface area contributed by atoms with E-state index in [-0.39, 0.29) is 17.2 Å². The number of methoxy groups -OCH3 is 1. The minimum atomic E-state index is -0.534. The highest BCUT2D eigenvalue weighted by atomic mass is 16.6. The number of amides is 2. The van der Waals surface area contributed by atoms with E-state index < -0.39 is 10.8 Å². The van der Waals surface area contributed by atoms with E-state index in [1.54, 1.807) is 31.4 Å². The van der Waals surface area contributed by atoms with Crippen LogP contribution >= 0.6 is 0 Å². The molecule has 0 saturated heterocycles. The maximum atomic E-state index is 12.2. The van der Waals surface area contributed by atoms with E-state index in [0.29, 0.717) is 24.4 Å². The highest BCUT2D eigenvalue weighted by Crippen LogP contribution is 2.15. The van der Waals surface area contributed by atoms with Crippen molar-refractivity contribution in [1.29, 1.82) is 0 Å². The summed E-state index contributed by atoms with van der Waals surface area (Å²) in [6.45, 7) is 0.789. The number of anilines is 1. The summed E-state index contributed by atoms with van der Waals surface area (Å²) in [6.07, 6.45) is 0. The zero-order chi connectivity index (χ0) is 18.2. The molecule has 0 spiro atoms. The van der Waals surface area contributed by atoms with Gasteiger partial charge in [-0.2, -0.15) is 0 Å². The Morgan fingerprint density at radius 2 is 1.80 bits per heavy atom. The monoisotopic (exact) mass is 343 g/mol. The average molecular weight is 343 g/mol. The number of benzene rings is 2. The summed E-state index contributed by atoms with van der Waals surface area (Å²) >= 11 is 0. The Morgan fingerprint density at radius 1 is 1.08 bits per heavy atom. The number of nitro benzene ring substituents is 1. The van der Waals surface area contributed by atoms with Crippen LogP contribution in [-0.4, -0.2) is 37.0 Å². The lowest BCUT2D eigenvalue weighted by molar-refractivity contribution is -0.384. The van der Waals surface area contributed by atoms with Crippen molar-refractivity contribution in [3.05, 3.63) is 69.8 Å². The van der Waals surface area contributed by atoms with Gasteiger partial charge in [0.15, 0.2) is 0 Å². The Bertz CT molecular complexity index is 774. The number of nitro groups is 1. The van der Waals surface area contributed by atoms with Crippen LogP contribution in [0.25, 0.3) is 0 Å². The molecule has 0 saturated carbocycles. The third-order valence-corrected chi connectivity index (χ3v) is 3.31. The quantitative estimate of drug-likeness (QED) is 0.455. The fraction of sp³-hybridized carbons (Fsp3) is 0.176. The van der Waals surface area contributed by atoms with Crippen molar-refractivity contribution in [2.24, 2.45) is 0 Å². The minimum Gasteiger partial charge on any atom is -0.383 e. The first-order valence-corrected chi connectivity index (χ1v) is 7.44. The molecular weight excluding hydrogens is 326 g/mol. The van der Waals surface area contributed by atoms with Crippen LogP contribution in [0.1, 0.15) is 20.7 Å². The molecule has 2 N–H and O–H groups in total. The molecule has 25 heavy (non-hydrogen) atoms. The molecule has 0 heterocycles. The number of carbonyl (C=O) groups is 2. The van der Waals surface area contributed by atoms with Gasteiger partial charge in [-0.1, -0.05) is 6.07 Å². The van der Waals surface area contributed by atoms with Crippen LogP contribution in [0.2, 0.25) is 0 Å². The molecule has 130 valence electrons. The van der Waals surface area contributed by atoms with Gasteiger partial charge in [-0.15, -0.1) is 0 Å². The van der Waals surface area contributed by atoms with Crippen LogP contribution in [0.3, 0.4) is 0 Å². The van der Waals surface area contributed by atoms with Crippen molar-refractivity contribution in [3.8, 4) is 0 Å². The van der Waals surface area contributed by atoms with Crippen LogP contribution in [0.5, 0.6) is 0 Å². The van der Waals surface area contributed by atoms with Gasteiger partial charge in [0.2, 0.25) is 0 Å². The van der Waals surface area contributed by atoms with Crippen LogP contribution < -0.4 is 10.6 Å². The topological polar surface area (TPSA) is 111 Å². The third-order valence-electron chi connectivity index (χ3n) is 3.31. The summed E-state index contributed by atoms with van der Waals surface area (Å²) < 4.78 is 4.86. The van der Waals surface area contributed by atoms with E-state index in [9.17, 15) is 19.7 Å². The molecule has 0 aliphatic heterocycles. The second-order valence-corrected chi connectivity index (χ2v) is 5.09. The van der Waals surface area contributed by atoms with Gasteiger partial charge in [-0.3, -0.25) is 19.7 Å². The fourth-order valence-corrected chi connectivity index (χ4v) is 2.04. The summed E-state index contributed by atoms with van der Waals surface area (Å²) in [7, 11) is 1.54. The Hall–Kier alpha value is -3.26. The first kappa shape index (κ1) is 18.1. The van der Waals surface area contributed by atoms with Gasteiger partial charge >= 0.3 is 0 Å². The van der Waals surface area contributed by atoms with Gasteiger partial charge in [0, 0.05) is 42.6 Å². The molecule has 0 radical (unpaired) electrons. The predicted molar refractivity (Wildman–Crippen MR) is 91.7 cm³/mol. The van der Waals surface area contributed by atoms with E-state index in [2.05, 4.69) is 10.6 Å². The highest BCUT2D eigenvalue weighted by molar-refractivity contribution is 6.05. The standard InChI is InChI=1S/C17H17N3O5/c1-25-10-9-18-16(21)13-3-2-4-14(11-13)19-17(22)12-5-7-15(8-6-12)20(23)24/h2-8,11H,9-10H2,1H3,(H,18,21)(H,19,22). The lowest BCUT2D eigenvalue weighted by Gasteiger charge is -2.08. The molecule has 2 aromatic carbocycles. The predicted octanol–water partition coefficient (Wildman–Crippen LogP) is 2.22. The molecule has 2 amide bonds. The second-order valence-electron chi connectivity index (χ2n) is 5.09. The molecule has 0 aliphatic carbocycles. The summed E-state index contributed by atoms with van der Waals surface area (Å²) in [4.78, 5) is 34.3. The average Bonchev–Trinajstić information content (AvgIpc) is 2.62. The van der Waals surface area contributed by atoms with Gasteiger partial charge in [0.05, 0.1) is 11.5 Å². The lowest BCUT2D eigenvalue weighted by Crippen LogP contribution is -2.27. The normalized spacial score (nSPS) is 10.1. The van der Waals surface area contributed by atoms with Crippen LogP contribution in [0.15, 0.2) is 48.5 Å². The molecule has 0 unspecified atom stereocenters. The molecule has 0 aromatic heterocycles. The number of hydrogen-bond acceptors (Lipinski definition) is 5. The molecular formula is C17H17N3O5. The second kappa shape index (κ2) is 8.55. The van der Waals surface area contributed by atoms with E-state index in [4.69, 9.17) is 4.74 Å². The minimum absolute atomic E-state index is 0.0914. The number of nitrogens with one attached hydrogen (secondary N) is 2. The SMILES string of the molecule is COCCNC(=O)c1cccc(NC(=O)c2ccc([N+](=O)[O-])cc2)c1. The zero-order valence-electron chi connectivity index (χ0n) is 13.5. The van der Waals surface area contributed by atoms with Crippen molar-refractivity contribution in [3.63, 3.8) is 0 Å². The molecule has 0 fully saturated rings. The van der Waals surface area contributed by atoms with E-state index in [1.807, 2.05) is 0 Å². The van der Waals surface area contributed by atoms with Crippen LogP contribution in [0, 0.1) is 10.1 Å². The molecule has 0 bridgehead atoms. The van der Waals surface area contributed by atoms with Crippen molar-refractivity contribution >= 4 is 23.2 Å². The van der Waals surface area contributed by atoms with Crippen molar-refractivity contribution < 1.29 is 19.2 Å². The fourth-order valence-electron chi connectivity index (χ4n) is 2.04. The molecule has 8 heteroatoms. The Morgan fingerprint density at radius 3 is 2.44 bits per heavy atom. The maximum Gasteiger partial charge on any atom is 0.269 e. The van der Waals surface area contributed by atoms with Crippen LogP contribution in [-0.2, 0) is 4.74 Å². The lowest BCUT2D eigenvalue weighted by atomic mass is 10.1. The van der Waals surface area contributed by atoms with E-state index in [0.717, 1.165) is 0 Å². The van der Waals surface area contributed by atoms with Gasteiger partial charge in [-0.05, 0) is 30.3 Å². The van der Waals surface area contributed by atoms with Gasteiger partial charge in [0.1, 0.15) is 0 Å². The largest absolute Gasteiger partial charge is 0.383 e. The van der Waals surface area contributed by atoms with Gasteiger partial charge < -0.3 is 15.4 Å². The molecule has 2 aromatic rings. The van der Waals surface area contributed by atoms with Crippen molar-refractivity contribution in [2.45, 2.75) is 0 Å². The maximum absolute atomic E-state index is 12.2. The highest BCUT2D eigenvalue weighted by Gasteiger charge is 2.11. The van der Waals surface area contributed by atoms with Crippen molar-refractivity contribution in [1.82, 2.24) is 5.32 Å². The van der Waals surface area contributed by atoms with Crippen molar-refractivity contribution in [2.75, 3.05) is 25.6 Å². The summed E-state index contributed by atoms with van der Waals surface area (Å²) in [6, 6.07) is 11.7. The Kier molecular flexibility index (Phi) is 6.19. The first-order valence-electron chi connectivity index (χ1n) is 7.44. The molecule has 2 rings (SSSR count). The summed E-state index contributed by atoms with van der Waals surface area (Å²) in [5.74, 6) is -0.699. The summed E-state index contributed by atoms with van der Waals surface area (Å²) in [5, 5.41) is 16.0. The number of ether oxygens (including phenoxy) is 1. The number of nitrogens with zero attached hydrogens (tertiary/aromatic N) is 1. The number of rotatable bonds is 7. The Labute approximate surface area is 144 Å². The molecule has 8 nitrogen and oxygen atoms in total. The smallest absolute Gasteiger partial charge is 0.269 e. The Balaban J connectivity index is 2.04. The number of carbonyl (C=O) groups excluding carboxylic acids is 2. The number of non-ortho nitro benzene ring substituents is 1. The summed E-state index contributed by atoms with van der Waals surface area (Å²) in [5.41, 5.74) is 1.03. The van der Waals surface area contributed by atoms with Gasteiger partial charge in [-0.25, -0.2) is 0 Å². The third kappa shape index (κ3) is 5.11. The zero-order valence-corrected chi connectivity index (χ0v) is 13.5. The number of hydrogen-bond donors (Lipinski definition) is 2. The molecule has 0 aliphatic rings. The van der Waals surface area contributed by atoms with E-state index >= 15 is 0 Å². The van der Waals surface area contributed by atoms with Crippen LogP contribution in [0.4, 0.5) is 11.4 Å². The molecule has 0 atom stereocenters.